The Hall–Kier alpha value is -0.850. The van der Waals surface area contributed by atoms with E-state index < -0.39 is 62.2 Å². The van der Waals surface area contributed by atoms with Crippen LogP contribution in [0.4, 0.5) is 13.2 Å². The molecule has 0 aliphatic heterocycles. The first-order valence-corrected chi connectivity index (χ1v) is 10.6. The molecule has 0 aliphatic rings. The summed E-state index contributed by atoms with van der Waals surface area (Å²) in [6.07, 6.45) is 0. The van der Waals surface area contributed by atoms with Gasteiger partial charge in [0, 0.05) is 22.1 Å². The van der Waals surface area contributed by atoms with Gasteiger partial charge < -0.3 is 10.2 Å². The Balaban J connectivity index is 3.21. The summed E-state index contributed by atoms with van der Waals surface area (Å²) in [5.74, 6) is -2.47. The van der Waals surface area contributed by atoms with Crippen molar-refractivity contribution in [2.75, 3.05) is 30.5 Å². The van der Waals surface area contributed by atoms with Gasteiger partial charge in [-0.3, -0.25) is 4.79 Å². The maximum Gasteiger partial charge on any atom is 0.523 e. The zero-order chi connectivity index (χ0) is 19.3. The monoisotopic (exact) mass is 424 g/mol. The van der Waals surface area contributed by atoms with Crippen LogP contribution in [0.25, 0.3) is 0 Å². The van der Waals surface area contributed by atoms with Crippen LogP contribution in [0.5, 0.6) is 0 Å². The molecule has 0 fully saturated rings. The fourth-order valence-electron chi connectivity index (χ4n) is 1.88. The lowest BCUT2D eigenvalue weighted by Crippen LogP contribution is -2.33. The molecule has 0 atom stereocenters. The number of benzene rings is 1. The molecule has 0 saturated heterocycles. The predicted octanol–water partition coefficient (Wildman–Crippen LogP) is 2.09. The third-order valence-electron chi connectivity index (χ3n) is 2.98. The molecule has 2 N–H and O–H groups in total. The topological polar surface area (TPSA) is 101 Å². The second-order valence-corrected chi connectivity index (χ2v) is 10.3. The lowest BCUT2D eigenvalue weighted by atomic mass is 10.1. The number of ketones is 1. The molecule has 0 spiro atoms. The van der Waals surface area contributed by atoms with Gasteiger partial charge in [-0.15, -0.1) is 10.3 Å². The highest BCUT2D eigenvalue weighted by atomic mass is 35.5. The number of alkyl halides is 3. The van der Waals surface area contributed by atoms with Crippen molar-refractivity contribution in [3.8, 4) is 0 Å². The Morgan fingerprint density at radius 1 is 1.16 bits per heavy atom. The highest BCUT2D eigenvalue weighted by Crippen LogP contribution is 2.52. The average Bonchev–Trinajstić information content (AvgIpc) is 2.46. The number of aliphatic hydroxyl groups is 2. The van der Waals surface area contributed by atoms with E-state index in [4.69, 9.17) is 21.8 Å². The van der Waals surface area contributed by atoms with Gasteiger partial charge in [0.15, 0.2) is 5.78 Å². The van der Waals surface area contributed by atoms with Crippen molar-refractivity contribution in [3.05, 3.63) is 34.9 Å². The number of halogens is 4. The smallest absolute Gasteiger partial charge is 0.395 e. The minimum absolute atomic E-state index is 0.0493. The molecular formula is C13H16ClF3O6S2. The SMILES string of the molecule is O=C(CS(CCO)(CCO)OS(=O)(=O)C(F)(F)F)c1cccc(Cl)c1. The molecule has 1 aromatic rings. The van der Waals surface area contributed by atoms with E-state index in [0.717, 1.165) is 0 Å². The second kappa shape index (κ2) is 8.69. The number of carbonyl (C=O) groups is 1. The maximum atomic E-state index is 12.6. The third kappa shape index (κ3) is 6.12. The summed E-state index contributed by atoms with van der Waals surface area (Å²) >= 11 is 5.75. The van der Waals surface area contributed by atoms with Crippen molar-refractivity contribution < 1.29 is 40.2 Å². The number of aliphatic hydroxyl groups excluding tert-OH is 2. The van der Waals surface area contributed by atoms with Crippen molar-refractivity contribution in [1.82, 2.24) is 0 Å². The van der Waals surface area contributed by atoms with Crippen molar-refractivity contribution in [2.45, 2.75) is 5.51 Å². The van der Waals surface area contributed by atoms with E-state index in [9.17, 15) is 26.4 Å². The molecule has 12 heteroatoms. The second-order valence-electron chi connectivity index (χ2n) is 4.87. The average molecular weight is 425 g/mol. The number of rotatable bonds is 9. The summed E-state index contributed by atoms with van der Waals surface area (Å²) in [7, 11) is -9.30. The fourth-order valence-corrected chi connectivity index (χ4v) is 6.44. The van der Waals surface area contributed by atoms with Crippen LogP contribution in [0.2, 0.25) is 5.02 Å². The zero-order valence-corrected chi connectivity index (χ0v) is 15.1. The lowest BCUT2D eigenvalue weighted by Gasteiger charge is -2.37. The number of hydrogen-bond donors (Lipinski definition) is 2. The quantitative estimate of drug-likeness (QED) is 0.465. The van der Waals surface area contributed by atoms with Crippen molar-refractivity contribution in [2.24, 2.45) is 0 Å². The van der Waals surface area contributed by atoms with E-state index in [1.807, 2.05) is 0 Å². The summed E-state index contributed by atoms with van der Waals surface area (Å²) in [5.41, 5.74) is -5.64. The molecule has 6 nitrogen and oxygen atoms in total. The molecule has 0 amide bonds. The minimum atomic E-state index is -6.00. The highest BCUT2D eigenvalue weighted by molar-refractivity contribution is 8.33. The lowest BCUT2D eigenvalue weighted by molar-refractivity contribution is -0.0496. The first-order chi connectivity index (χ1) is 11.5. The molecule has 1 aromatic carbocycles. The Morgan fingerprint density at radius 3 is 2.16 bits per heavy atom. The number of Topliss-reactive ketones (excluding diaryl/α,β-unsaturated/α-hetero) is 1. The third-order valence-corrected chi connectivity index (χ3v) is 8.30. The summed E-state index contributed by atoms with van der Waals surface area (Å²) in [4.78, 5) is 12.3. The van der Waals surface area contributed by atoms with E-state index >= 15 is 0 Å². The Morgan fingerprint density at radius 2 is 1.72 bits per heavy atom. The summed E-state index contributed by atoms with van der Waals surface area (Å²) in [5, 5.41) is 18.4. The van der Waals surface area contributed by atoms with Gasteiger partial charge in [-0.05, 0) is 12.1 Å². The van der Waals surface area contributed by atoms with Crippen molar-refractivity contribution in [1.29, 1.82) is 0 Å². The summed E-state index contributed by atoms with van der Waals surface area (Å²) in [6.45, 7) is -1.43. The first-order valence-electron chi connectivity index (χ1n) is 6.75. The normalized spacial score (nSPS) is 13.7. The van der Waals surface area contributed by atoms with Gasteiger partial charge in [-0.25, -0.2) is 3.63 Å². The van der Waals surface area contributed by atoms with Crippen LogP contribution >= 0.6 is 21.9 Å². The number of carbonyl (C=O) groups excluding carboxylic acids is 1. The van der Waals surface area contributed by atoms with Crippen molar-refractivity contribution >= 4 is 37.8 Å². The molecule has 25 heavy (non-hydrogen) atoms. The van der Waals surface area contributed by atoms with Crippen molar-refractivity contribution in [3.63, 3.8) is 0 Å². The van der Waals surface area contributed by atoms with E-state index in [1.165, 1.54) is 24.3 Å². The molecule has 0 radical (unpaired) electrons. The maximum absolute atomic E-state index is 12.6. The van der Waals surface area contributed by atoms with Gasteiger partial charge in [-0.1, -0.05) is 23.7 Å². The van der Waals surface area contributed by atoms with Crippen LogP contribution in [-0.4, -0.2) is 60.4 Å². The van der Waals surface area contributed by atoms with E-state index in [1.54, 1.807) is 0 Å². The van der Waals surface area contributed by atoms with Gasteiger partial charge in [-0.2, -0.15) is 21.6 Å². The van der Waals surface area contributed by atoms with Crippen LogP contribution in [0, 0.1) is 0 Å². The molecule has 1 rings (SSSR count). The Kier molecular flexibility index (Phi) is 7.71. The first kappa shape index (κ1) is 22.2. The Labute approximate surface area is 149 Å². The zero-order valence-electron chi connectivity index (χ0n) is 12.7. The fraction of sp³-hybridized carbons (Fsp3) is 0.462. The van der Waals surface area contributed by atoms with E-state index in [-0.39, 0.29) is 10.6 Å². The van der Waals surface area contributed by atoms with E-state index in [0.29, 0.717) is 0 Å². The predicted molar refractivity (Wildman–Crippen MR) is 88.2 cm³/mol. The molecule has 144 valence electrons. The van der Waals surface area contributed by atoms with Gasteiger partial charge in [0.2, 0.25) is 0 Å². The summed E-state index contributed by atoms with van der Waals surface area (Å²) < 4.78 is 65.0. The molecule has 0 unspecified atom stereocenters. The van der Waals surface area contributed by atoms with Crippen LogP contribution < -0.4 is 0 Å². The van der Waals surface area contributed by atoms with Crippen LogP contribution in [-0.2, 0) is 13.7 Å². The molecule has 0 heterocycles. The largest absolute Gasteiger partial charge is 0.523 e. The van der Waals surface area contributed by atoms with E-state index in [2.05, 4.69) is 3.63 Å². The molecule has 0 aromatic heterocycles. The standard InChI is InChI=1S/C13H16ClF3O6S2/c14-11-3-1-2-10(8-11)12(20)9-24(6-4-18,7-5-19)23-25(21,22)13(15,16)17/h1-3,8,18-19H,4-7,9H2. The Bertz CT molecular complexity index is 702. The van der Waals surface area contributed by atoms with Crippen LogP contribution in [0.3, 0.4) is 0 Å². The minimum Gasteiger partial charge on any atom is -0.395 e. The van der Waals surface area contributed by atoms with Gasteiger partial charge in [0.25, 0.3) is 0 Å². The molecule has 0 saturated carbocycles. The molecular weight excluding hydrogens is 409 g/mol. The number of hydrogen-bond acceptors (Lipinski definition) is 6. The molecule has 0 aliphatic carbocycles. The van der Waals surface area contributed by atoms with Gasteiger partial charge in [0.1, 0.15) is 0 Å². The summed E-state index contributed by atoms with van der Waals surface area (Å²) in [6, 6.07) is 5.54. The van der Waals surface area contributed by atoms with Gasteiger partial charge >= 0.3 is 15.6 Å². The molecule has 0 bridgehead atoms. The van der Waals surface area contributed by atoms with Crippen LogP contribution in [0.1, 0.15) is 10.4 Å². The van der Waals surface area contributed by atoms with Gasteiger partial charge in [0.05, 0.1) is 19.0 Å². The van der Waals surface area contributed by atoms with Crippen LogP contribution in [0.15, 0.2) is 24.3 Å². The highest BCUT2D eigenvalue weighted by Gasteiger charge is 2.51.